The molecular weight excluding hydrogens is 164 g/mol. The zero-order chi connectivity index (χ0) is 9.47. The lowest BCUT2D eigenvalue weighted by Crippen LogP contribution is -2.43. The monoisotopic (exact) mass is 178 g/mol. The van der Waals surface area contributed by atoms with E-state index in [9.17, 15) is 9.59 Å². The molecule has 2 bridgehead atoms. The van der Waals surface area contributed by atoms with E-state index in [0.717, 1.165) is 19.1 Å². The van der Waals surface area contributed by atoms with Gasteiger partial charge in [-0.3, -0.25) is 4.79 Å². The van der Waals surface area contributed by atoms with Crippen LogP contribution < -0.4 is 0 Å². The first-order valence-corrected chi connectivity index (χ1v) is 4.83. The molecule has 1 fully saturated rings. The van der Waals surface area contributed by atoms with Gasteiger partial charge in [0.15, 0.2) is 0 Å². The minimum Gasteiger partial charge on any atom is -0.303 e. The molecule has 1 saturated carbocycles. The molecular formula is C11H14O2. The molecule has 2 aliphatic rings. The molecule has 0 unspecified atom stereocenters. The number of hydrogen-bond acceptors (Lipinski definition) is 2. The van der Waals surface area contributed by atoms with Gasteiger partial charge in [0.05, 0.1) is 0 Å². The van der Waals surface area contributed by atoms with Crippen LogP contribution in [0.4, 0.5) is 0 Å². The highest BCUT2D eigenvalue weighted by Crippen LogP contribution is 2.47. The predicted molar refractivity (Wildman–Crippen MR) is 49.1 cm³/mol. The molecule has 0 aromatic heterocycles. The Labute approximate surface area is 78.0 Å². The zero-order valence-electron chi connectivity index (χ0n) is 7.82. The summed E-state index contributed by atoms with van der Waals surface area (Å²) in [6.45, 7) is 2.08. The van der Waals surface area contributed by atoms with Crippen LogP contribution >= 0.6 is 0 Å². The molecule has 0 amide bonds. The number of allylic oxidation sites excluding steroid dienone is 2. The third-order valence-electron chi connectivity index (χ3n) is 3.55. The minimum atomic E-state index is -0.0706. The SMILES string of the molecule is C[C@@]12C=CC[C@@H](C(=O)CC1)[C@H]2C=O. The first-order chi connectivity index (χ1) is 6.17. The fraction of sp³-hybridized carbons (Fsp3) is 0.636. The molecule has 0 N–H and O–H groups in total. The second-order valence-corrected chi connectivity index (χ2v) is 4.38. The van der Waals surface area contributed by atoms with Crippen LogP contribution in [0.25, 0.3) is 0 Å². The fourth-order valence-corrected chi connectivity index (χ4v) is 2.61. The van der Waals surface area contributed by atoms with Gasteiger partial charge in [0.1, 0.15) is 12.1 Å². The molecule has 3 atom stereocenters. The Kier molecular flexibility index (Phi) is 1.86. The summed E-state index contributed by atoms with van der Waals surface area (Å²) in [4.78, 5) is 22.5. The first-order valence-electron chi connectivity index (χ1n) is 4.83. The third kappa shape index (κ3) is 1.16. The van der Waals surface area contributed by atoms with Crippen LogP contribution in [-0.4, -0.2) is 12.1 Å². The largest absolute Gasteiger partial charge is 0.303 e. The Balaban J connectivity index is 2.39. The normalized spacial score (nSPS) is 43.3. The molecule has 2 nitrogen and oxygen atoms in total. The Hall–Kier alpha value is -0.920. The van der Waals surface area contributed by atoms with Crippen LogP contribution in [0.1, 0.15) is 26.2 Å². The number of Topliss-reactive ketones (excluding diaryl/α,β-unsaturated/α-hetero) is 1. The summed E-state index contributed by atoms with van der Waals surface area (Å²) in [5, 5.41) is 0. The Bertz CT molecular complexity index is 280. The van der Waals surface area contributed by atoms with Gasteiger partial charge in [0.25, 0.3) is 0 Å². The third-order valence-corrected chi connectivity index (χ3v) is 3.55. The molecule has 0 aromatic carbocycles. The van der Waals surface area contributed by atoms with Gasteiger partial charge < -0.3 is 4.79 Å². The van der Waals surface area contributed by atoms with E-state index >= 15 is 0 Å². The van der Waals surface area contributed by atoms with E-state index in [1.165, 1.54) is 0 Å². The molecule has 0 heterocycles. The van der Waals surface area contributed by atoms with Gasteiger partial charge in [-0.15, -0.1) is 0 Å². The Morgan fingerprint density at radius 2 is 2.38 bits per heavy atom. The molecule has 13 heavy (non-hydrogen) atoms. The van der Waals surface area contributed by atoms with E-state index in [1.807, 2.05) is 0 Å². The van der Waals surface area contributed by atoms with Gasteiger partial charge in [-0.1, -0.05) is 19.1 Å². The Morgan fingerprint density at radius 3 is 3.00 bits per heavy atom. The molecule has 0 radical (unpaired) electrons. The highest BCUT2D eigenvalue weighted by Gasteiger charge is 2.45. The molecule has 2 aliphatic carbocycles. The van der Waals surface area contributed by atoms with Crippen molar-refractivity contribution in [1.29, 1.82) is 0 Å². The summed E-state index contributed by atoms with van der Waals surface area (Å²) in [5.74, 6) is 0.180. The van der Waals surface area contributed by atoms with Crippen molar-refractivity contribution in [3.05, 3.63) is 12.2 Å². The van der Waals surface area contributed by atoms with Crippen molar-refractivity contribution >= 4 is 12.1 Å². The lowest BCUT2D eigenvalue weighted by Gasteiger charge is -2.43. The highest BCUT2D eigenvalue weighted by atomic mass is 16.1. The number of ketones is 1. The molecule has 70 valence electrons. The summed E-state index contributed by atoms with van der Waals surface area (Å²) in [6, 6.07) is 0. The molecule has 2 heteroatoms. The summed E-state index contributed by atoms with van der Waals surface area (Å²) < 4.78 is 0. The highest BCUT2D eigenvalue weighted by molar-refractivity contribution is 5.86. The number of aldehydes is 1. The molecule has 0 aliphatic heterocycles. The van der Waals surface area contributed by atoms with Crippen molar-refractivity contribution < 1.29 is 9.59 Å². The van der Waals surface area contributed by atoms with Gasteiger partial charge in [-0.05, 0) is 18.3 Å². The maximum absolute atomic E-state index is 11.5. The molecule has 0 aromatic rings. The predicted octanol–water partition coefficient (Wildman–Crippen LogP) is 1.75. The number of fused-ring (bicyclic) bond motifs is 2. The standard InChI is InChI=1S/C11H14O2/c1-11-5-2-3-8(9(11)7-12)10(13)4-6-11/h2,5,7-9H,3-4,6H2,1H3/t8-,9-,11-/m1/s1. The van der Waals surface area contributed by atoms with E-state index in [-0.39, 0.29) is 23.0 Å². The van der Waals surface area contributed by atoms with E-state index in [1.54, 1.807) is 0 Å². The van der Waals surface area contributed by atoms with E-state index in [0.29, 0.717) is 6.42 Å². The first kappa shape index (κ1) is 8.67. The fourth-order valence-electron chi connectivity index (χ4n) is 2.61. The van der Waals surface area contributed by atoms with E-state index < -0.39 is 0 Å². The summed E-state index contributed by atoms with van der Waals surface area (Å²) in [5.41, 5.74) is -0.0431. The lowest BCUT2D eigenvalue weighted by atomic mass is 9.59. The van der Waals surface area contributed by atoms with Gasteiger partial charge >= 0.3 is 0 Å². The van der Waals surface area contributed by atoms with Crippen molar-refractivity contribution in [2.24, 2.45) is 17.3 Å². The maximum atomic E-state index is 11.5. The van der Waals surface area contributed by atoms with Crippen LogP contribution in [-0.2, 0) is 9.59 Å². The van der Waals surface area contributed by atoms with Gasteiger partial charge in [0, 0.05) is 18.3 Å². The van der Waals surface area contributed by atoms with Crippen molar-refractivity contribution in [2.45, 2.75) is 26.2 Å². The molecule has 0 spiro atoms. The van der Waals surface area contributed by atoms with E-state index in [4.69, 9.17) is 0 Å². The number of rotatable bonds is 1. The average molecular weight is 178 g/mol. The smallest absolute Gasteiger partial charge is 0.137 e. The van der Waals surface area contributed by atoms with Gasteiger partial charge in [-0.2, -0.15) is 0 Å². The van der Waals surface area contributed by atoms with Gasteiger partial charge in [0.2, 0.25) is 0 Å². The van der Waals surface area contributed by atoms with Crippen LogP contribution in [0.5, 0.6) is 0 Å². The van der Waals surface area contributed by atoms with Crippen molar-refractivity contribution in [2.75, 3.05) is 0 Å². The second kappa shape index (κ2) is 2.79. The molecule has 2 rings (SSSR count). The van der Waals surface area contributed by atoms with Crippen LogP contribution in [0, 0.1) is 17.3 Å². The topological polar surface area (TPSA) is 34.1 Å². The number of carbonyl (C=O) groups excluding carboxylic acids is 2. The van der Waals surface area contributed by atoms with E-state index in [2.05, 4.69) is 19.1 Å². The van der Waals surface area contributed by atoms with Crippen molar-refractivity contribution in [1.82, 2.24) is 0 Å². The average Bonchev–Trinajstić information content (AvgIpc) is 2.12. The number of carbonyl (C=O) groups is 2. The number of hydrogen-bond donors (Lipinski definition) is 0. The van der Waals surface area contributed by atoms with Crippen molar-refractivity contribution in [3.8, 4) is 0 Å². The summed E-state index contributed by atoms with van der Waals surface area (Å²) in [6.07, 6.45) is 7.40. The minimum absolute atomic E-state index is 0.0266. The quantitative estimate of drug-likeness (QED) is 0.453. The maximum Gasteiger partial charge on any atom is 0.137 e. The van der Waals surface area contributed by atoms with Crippen LogP contribution in [0.2, 0.25) is 0 Å². The molecule has 0 saturated heterocycles. The van der Waals surface area contributed by atoms with Crippen molar-refractivity contribution in [3.63, 3.8) is 0 Å². The summed E-state index contributed by atoms with van der Waals surface area (Å²) >= 11 is 0. The Morgan fingerprint density at radius 1 is 1.62 bits per heavy atom. The second-order valence-electron chi connectivity index (χ2n) is 4.38. The van der Waals surface area contributed by atoms with Crippen LogP contribution in [0.3, 0.4) is 0 Å². The summed E-state index contributed by atoms with van der Waals surface area (Å²) in [7, 11) is 0. The van der Waals surface area contributed by atoms with Crippen LogP contribution in [0.15, 0.2) is 12.2 Å². The van der Waals surface area contributed by atoms with Gasteiger partial charge in [-0.25, -0.2) is 0 Å². The lowest BCUT2D eigenvalue weighted by molar-refractivity contribution is -0.135. The zero-order valence-corrected chi connectivity index (χ0v) is 7.82.